The maximum atomic E-state index is 12.7. The van der Waals surface area contributed by atoms with Crippen molar-refractivity contribution in [2.75, 3.05) is 25.0 Å². The van der Waals surface area contributed by atoms with Crippen LogP contribution in [0.15, 0.2) is 24.3 Å². The molecular weight excluding hydrogens is 431 g/mol. The molecule has 0 radical (unpaired) electrons. The van der Waals surface area contributed by atoms with Crippen molar-refractivity contribution in [3.63, 3.8) is 0 Å². The van der Waals surface area contributed by atoms with Gasteiger partial charge in [0.25, 0.3) is 5.91 Å². The van der Waals surface area contributed by atoms with Crippen LogP contribution in [0.25, 0.3) is 0 Å². The lowest BCUT2D eigenvalue weighted by Gasteiger charge is -2.32. The number of halogens is 3. The van der Waals surface area contributed by atoms with Crippen LogP contribution in [0.2, 0.25) is 0 Å². The van der Waals surface area contributed by atoms with Crippen molar-refractivity contribution in [1.29, 1.82) is 0 Å². The summed E-state index contributed by atoms with van der Waals surface area (Å²) in [5.74, 6) is -3.10. The predicted octanol–water partition coefficient (Wildman–Crippen LogP) is 2.90. The van der Waals surface area contributed by atoms with Gasteiger partial charge in [0.1, 0.15) is 0 Å². The quantitative estimate of drug-likeness (QED) is 0.626. The number of amides is 3. The van der Waals surface area contributed by atoms with Gasteiger partial charge in [0, 0.05) is 36.8 Å². The molecule has 0 spiro atoms. The third kappa shape index (κ3) is 8.56. The van der Waals surface area contributed by atoms with Crippen LogP contribution in [0.3, 0.4) is 0 Å². The number of nitrogens with zero attached hydrogens (tertiary/aromatic N) is 1. The molecule has 1 aromatic rings. The molecule has 0 saturated carbocycles. The molecule has 0 bridgehead atoms. The number of rotatable bonds is 5. The van der Waals surface area contributed by atoms with E-state index in [1.165, 1.54) is 0 Å². The minimum absolute atomic E-state index is 0.0201. The number of likely N-dealkylation sites (tertiary alicyclic amines) is 1. The van der Waals surface area contributed by atoms with Gasteiger partial charge in [-0.15, -0.1) is 0 Å². The van der Waals surface area contributed by atoms with Gasteiger partial charge in [-0.1, -0.05) is 13.8 Å². The first kappa shape index (κ1) is 26.9. The third-order valence-electron chi connectivity index (χ3n) is 4.60. The van der Waals surface area contributed by atoms with Gasteiger partial charge in [-0.25, -0.2) is 4.79 Å². The summed E-state index contributed by atoms with van der Waals surface area (Å²) in [5.41, 5.74) is 1.24. The lowest BCUT2D eigenvalue weighted by Crippen LogP contribution is -2.45. The van der Waals surface area contributed by atoms with Crippen molar-refractivity contribution in [3.8, 4) is 0 Å². The molecule has 0 aromatic heterocycles. The number of hydrogen-bond acceptors (Lipinski definition) is 4. The van der Waals surface area contributed by atoms with Crippen LogP contribution in [-0.4, -0.2) is 59.5 Å². The monoisotopic (exact) mass is 459 g/mol. The molecule has 1 aromatic carbocycles. The molecule has 178 valence electrons. The molecule has 1 unspecified atom stereocenters. The van der Waals surface area contributed by atoms with Gasteiger partial charge in [-0.05, 0) is 44.0 Å². The van der Waals surface area contributed by atoms with E-state index in [9.17, 15) is 27.6 Å². The summed E-state index contributed by atoms with van der Waals surface area (Å²) in [5, 5.41) is 12.8. The molecule has 1 heterocycles. The zero-order valence-corrected chi connectivity index (χ0v) is 18.2. The molecule has 32 heavy (non-hydrogen) atoms. The number of benzene rings is 1. The second kappa shape index (κ2) is 12.1. The fourth-order valence-corrected chi connectivity index (χ4v) is 2.86. The van der Waals surface area contributed by atoms with E-state index >= 15 is 0 Å². The highest BCUT2D eigenvalue weighted by atomic mass is 19.4. The predicted molar refractivity (Wildman–Crippen MR) is 111 cm³/mol. The van der Waals surface area contributed by atoms with E-state index in [1.54, 1.807) is 29.2 Å². The van der Waals surface area contributed by atoms with Crippen molar-refractivity contribution in [2.24, 2.45) is 11.8 Å². The highest BCUT2D eigenvalue weighted by Crippen LogP contribution is 2.20. The normalized spacial score (nSPS) is 16.0. The van der Waals surface area contributed by atoms with E-state index < -0.39 is 12.1 Å². The number of carbonyl (C=O) groups excluding carboxylic acids is 3. The molecule has 1 atom stereocenters. The lowest BCUT2D eigenvalue weighted by atomic mass is 9.96. The Kier molecular flexibility index (Phi) is 10.1. The van der Waals surface area contributed by atoms with Crippen molar-refractivity contribution in [2.45, 2.75) is 39.8 Å². The molecule has 3 N–H and O–H groups in total. The Balaban J connectivity index is 0.000000633. The van der Waals surface area contributed by atoms with Crippen molar-refractivity contribution in [3.05, 3.63) is 29.8 Å². The summed E-state index contributed by atoms with van der Waals surface area (Å²) in [6.07, 6.45) is -3.44. The van der Waals surface area contributed by atoms with Gasteiger partial charge in [0.2, 0.25) is 11.8 Å². The van der Waals surface area contributed by atoms with Crippen LogP contribution in [0, 0.1) is 11.8 Å². The Hall–Kier alpha value is -3.11. The van der Waals surface area contributed by atoms with Crippen LogP contribution >= 0.6 is 0 Å². The number of nitrogens with one attached hydrogen (secondary N) is 2. The topological polar surface area (TPSA) is 116 Å². The van der Waals surface area contributed by atoms with E-state index in [4.69, 9.17) is 9.90 Å². The van der Waals surface area contributed by atoms with Crippen molar-refractivity contribution in [1.82, 2.24) is 10.2 Å². The second-order valence-electron chi connectivity index (χ2n) is 7.51. The number of alkyl halides is 3. The summed E-state index contributed by atoms with van der Waals surface area (Å²) in [7, 11) is 0. The summed E-state index contributed by atoms with van der Waals surface area (Å²) >= 11 is 0. The number of aliphatic carboxylic acids is 1. The van der Waals surface area contributed by atoms with E-state index in [0.29, 0.717) is 30.9 Å². The molecule has 11 heteroatoms. The smallest absolute Gasteiger partial charge is 0.475 e. The number of anilines is 1. The highest BCUT2D eigenvalue weighted by molar-refractivity contribution is 5.96. The van der Waals surface area contributed by atoms with E-state index in [-0.39, 0.29) is 29.6 Å². The van der Waals surface area contributed by atoms with Gasteiger partial charge in [0.15, 0.2) is 0 Å². The van der Waals surface area contributed by atoms with Crippen molar-refractivity contribution >= 4 is 29.4 Å². The number of hydrogen-bond donors (Lipinski definition) is 3. The summed E-state index contributed by atoms with van der Waals surface area (Å²) in [6.45, 7) is 7.27. The minimum Gasteiger partial charge on any atom is -0.475 e. The molecule has 1 aliphatic heterocycles. The highest BCUT2D eigenvalue weighted by Gasteiger charge is 2.38. The van der Waals surface area contributed by atoms with Crippen LogP contribution in [-0.2, 0) is 14.4 Å². The number of carboxylic acid groups (broad SMARTS) is 1. The van der Waals surface area contributed by atoms with Gasteiger partial charge >= 0.3 is 12.1 Å². The van der Waals surface area contributed by atoms with Gasteiger partial charge < -0.3 is 20.6 Å². The number of carboxylic acids is 1. The first-order chi connectivity index (χ1) is 14.9. The molecule has 1 fully saturated rings. The number of piperidine rings is 1. The summed E-state index contributed by atoms with van der Waals surface area (Å²) in [4.78, 5) is 47.0. The first-order valence-electron chi connectivity index (χ1n) is 10.1. The Morgan fingerprint density at radius 2 is 1.72 bits per heavy atom. The third-order valence-corrected chi connectivity index (χ3v) is 4.60. The molecule has 1 aliphatic rings. The first-order valence-corrected chi connectivity index (χ1v) is 10.1. The number of carbonyl (C=O) groups is 4. The molecular formula is C21H28F3N3O5. The van der Waals surface area contributed by atoms with Gasteiger partial charge in [-0.2, -0.15) is 13.2 Å². The van der Waals surface area contributed by atoms with Crippen molar-refractivity contribution < 1.29 is 37.5 Å². The zero-order valence-electron chi connectivity index (χ0n) is 18.2. The van der Waals surface area contributed by atoms with Crippen LogP contribution in [0.4, 0.5) is 18.9 Å². The Morgan fingerprint density at radius 3 is 2.19 bits per heavy atom. The average molecular weight is 459 g/mol. The van der Waals surface area contributed by atoms with Gasteiger partial charge in [0.05, 0.1) is 5.92 Å². The zero-order chi connectivity index (χ0) is 24.5. The Bertz CT molecular complexity index is 810. The van der Waals surface area contributed by atoms with E-state index in [1.807, 2.05) is 20.8 Å². The Morgan fingerprint density at radius 1 is 1.16 bits per heavy atom. The minimum atomic E-state index is -5.08. The van der Waals surface area contributed by atoms with E-state index in [2.05, 4.69) is 10.6 Å². The SMILES string of the molecule is CCNC(=O)C1CCCN(C(=O)c2ccc(NC(=O)C(C)C)cc2)C1.O=C(O)C(F)(F)F. The molecule has 1 saturated heterocycles. The maximum absolute atomic E-state index is 12.7. The standard InChI is InChI=1S/C19H27N3O3.C2HF3O2/c1-4-20-18(24)15-6-5-11-22(12-15)19(25)14-7-9-16(10-8-14)21-17(23)13(2)3;3-2(4,5)1(6)7/h7-10,13,15H,4-6,11-12H2,1-3H3,(H,20,24)(H,21,23);(H,6,7). The second-order valence-corrected chi connectivity index (χ2v) is 7.51. The fraction of sp³-hybridized carbons (Fsp3) is 0.524. The molecule has 0 aliphatic carbocycles. The largest absolute Gasteiger partial charge is 0.490 e. The summed E-state index contributed by atoms with van der Waals surface area (Å²) in [6, 6.07) is 6.90. The van der Waals surface area contributed by atoms with Crippen LogP contribution in [0.1, 0.15) is 44.0 Å². The van der Waals surface area contributed by atoms with Crippen LogP contribution in [0.5, 0.6) is 0 Å². The van der Waals surface area contributed by atoms with E-state index in [0.717, 1.165) is 12.8 Å². The molecule has 3 amide bonds. The summed E-state index contributed by atoms with van der Waals surface area (Å²) < 4.78 is 31.7. The maximum Gasteiger partial charge on any atom is 0.490 e. The Labute approximate surface area is 184 Å². The van der Waals surface area contributed by atoms with Gasteiger partial charge in [-0.3, -0.25) is 14.4 Å². The molecule has 2 rings (SSSR count). The van der Waals surface area contributed by atoms with Crippen LogP contribution < -0.4 is 10.6 Å². The average Bonchev–Trinajstić information content (AvgIpc) is 2.73. The fourth-order valence-electron chi connectivity index (χ4n) is 2.86. The lowest BCUT2D eigenvalue weighted by molar-refractivity contribution is -0.192. The molecule has 8 nitrogen and oxygen atoms in total.